The third-order valence-corrected chi connectivity index (χ3v) is 3.65. The van der Waals surface area contributed by atoms with Crippen LogP contribution in [0.3, 0.4) is 0 Å². The zero-order valence-corrected chi connectivity index (χ0v) is 13.7. The van der Waals surface area contributed by atoms with Gasteiger partial charge in [0.1, 0.15) is 0 Å². The molecule has 1 aromatic rings. The molecule has 0 unspecified atom stereocenters. The van der Waals surface area contributed by atoms with Crippen molar-refractivity contribution in [2.24, 2.45) is 0 Å². The second-order valence-electron chi connectivity index (χ2n) is 5.42. The molecule has 1 aliphatic rings. The summed E-state index contributed by atoms with van der Waals surface area (Å²) in [6, 6.07) is 7.34. The molecular weight excluding hydrogens is 302 g/mol. The number of aryl methyl sites for hydroxylation is 1. The highest BCUT2D eigenvalue weighted by Gasteiger charge is 2.19. The summed E-state index contributed by atoms with van der Waals surface area (Å²) in [6.07, 6.45) is 3.12. The van der Waals surface area contributed by atoms with Crippen LogP contribution in [0.2, 0.25) is 0 Å². The first-order chi connectivity index (χ1) is 10.2. The average Bonchev–Trinajstić information content (AvgIpc) is 2.52. The Hall–Kier alpha value is -1.59. The van der Waals surface area contributed by atoms with Crippen molar-refractivity contribution in [3.05, 3.63) is 35.4 Å². The van der Waals surface area contributed by atoms with Gasteiger partial charge in [0.25, 0.3) is 5.91 Å². The van der Waals surface area contributed by atoms with Gasteiger partial charge in [0.2, 0.25) is 5.91 Å². The maximum Gasteiger partial charge on any atom is 0.251 e. The predicted molar refractivity (Wildman–Crippen MR) is 89.4 cm³/mol. The number of carbonyl (C=O) groups excluding carboxylic acids is 2. The normalized spacial score (nSPS) is 17.2. The monoisotopic (exact) mass is 325 g/mol. The summed E-state index contributed by atoms with van der Waals surface area (Å²) < 4.78 is 0. The minimum Gasteiger partial charge on any atom is -0.353 e. The minimum atomic E-state index is -0.111. The second kappa shape index (κ2) is 9.43. The van der Waals surface area contributed by atoms with E-state index in [1.165, 1.54) is 0 Å². The van der Waals surface area contributed by atoms with Crippen LogP contribution in [0.15, 0.2) is 24.3 Å². The molecular formula is C16H24ClN3O2. The molecule has 22 heavy (non-hydrogen) atoms. The van der Waals surface area contributed by atoms with E-state index in [-0.39, 0.29) is 30.3 Å². The van der Waals surface area contributed by atoms with E-state index in [1.807, 2.05) is 19.1 Å². The Morgan fingerprint density at radius 3 is 2.45 bits per heavy atom. The van der Waals surface area contributed by atoms with Crippen molar-refractivity contribution in [1.29, 1.82) is 0 Å². The van der Waals surface area contributed by atoms with Crippen molar-refractivity contribution in [3.8, 4) is 0 Å². The Morgan fingerprint density at radius 2 is 1.82 bits per heavy atom. The molecule has 0 aliphatic carbocycles. The first-order valence-corrected chi connectivity index (χ1v) is 7.53. The minimum absolute atomic E-state index is 0. The van der Waals surface area contributed by atoms with Gasteiger partial charge in [-0.15, -0.1) is 12.4 Å². The standard InChI is InChI=1S/C16H23N3O2.ClH/c1-12-5-7-13(8-6-12)15(20)18-10-11-19-16(21)14-4-2-3-9-17-14;/h5-8,14,17H,2-4,9-11H2,1H3,(H,18,20)(H,19,21);1H/t14-;/m0./s1. The lowest BCUT2D eigenvalue weighted by molar-refractivity contribution is -0.123. The Bertz CT molecular complexity index is 485. The van der Waals surface area contributed by atoms with Gasteiger partial charge in [0, 0.05) is 18.7 Å². The number of carbonyl (C=O) groups is 2. The summed E-state index contributed by atoms with van der Waals surface area (Å²) in [5.74, 6) is -0.0840. The highest BCUT2D eigenvalue weighted by Crippen LogP contribution is 2.06. The predicted octanol–water partition coefficient (Wildman–Crippen LogP) is 1.40. The van der Waals surface area contributed by atoms with E-state index in [2.05, 4.69) is 16.0 Å². The van der Waals surface area contributed by atoms with Crippen molar-refractivity contribution >= 4 is 24.2 Å². The van der Waals surface area contributed by atoms with Crippen molar-refractivity contribution in [1.82, 2.24) is 16.0 Å². The summed E-state index contributed by atoms with van der Waals surface area (Å²) in [5.41, 5.74) is 1.76. The van der Waals surface area contributed by atoms with Gasteiger partial charge in [-0.05, 0) is 38.4 Å². The molecule has 2 amide bonds. The third-order valence-electron chi connectivity index (χ3n) is 3.65. The van der Waals surface area contributed by atoms with Crippen molar-refractivity contribution in [2.45, 2.75) is 32.2 Å². The van der Waals surface area contributed by atoms with E-state index in [4.69, 9.17) is 0 Å². The number of amides is 2. The van der Waals surface area contributed by atoms with Gasteiger partial charge in [-0.25, -0.2) is 0 Å². The number of nitrogens with one attached hydrogen (secondary N) is 3. The molecule has 122 valence electrons. The van der Waals surface area contributed by atoms with E-state index < -0.39 is 0 Å². The molecule has 0 radical (unpaired) electrons. The first-order valence-electron chi connectivity index (χ1n) is 7.53. The smallest absolute Gasteiger partial charge is 0.251 e. The third kappa shape index (κ3) is 5.66. The SMILES string of the molecule is Cc1ccc(C(=O)NCCNC(=O)[C@@H]2CCCCN2)cc1.Cl. The van der Waals surface area contributed by atoms with Crippen molar-refractivity contribution in [2.75, 3.05) is 19.6 Å². The Morgan fingerprint density at radius 1 is 1.14 bits per heavy atom. The van der Waals surface area contributed by atoms with E-state index in [0.717, 1.165) is 31.4 Å². The quantitative estimate of drug-likeness (QED) is 0.717. The Labute approximate surface area is 137 Å². The molecule has 1 heterocycles. The van der Waals surface area contributed by atoms with Crippen LogP contribution in [0.25, 0.3) is 0 Å². The van der Waals surface area contributed by atoms with Gasteiger partial charge in [-0.1, -0.05) is 24.1 Å². The maximum atomic E-state index is 11.9. The van der Waals surface area contributed by atoms with Crippen LogP contribution >= 0.6 is 12.4 Å². The number of hydrogen-bond donors (Lipinski definition) is 3. The summed E-state index contributed by atoms with van der Waals surface area (Å²) in [7, 11) is 0. The summed E-state index contributed by atoms with van der Waals surface area (Å²) in [5, 5.41) is 8.86. The highest BCUT2D eigenvalue weighted by atomic mass is 35.5. The van der Waals surface area contributed by atoms with Crippen LogP contribution < -0.4 is 16.0 Å². The van der Waals surface area contributed by atoms with Crippen LogP contribution in [0.1, 0.15) is 35.2 Å². The van der Waals surface area contributed by atoms with Crippen LogP contribution in [-0.4, -0.2) is 37.5 Å². The number of benzene rings is 1. The van der Waals surface area contributed by atoms with Crippen molar-refractivity contribution < 1.29 is 9.59 Å². The molecule has 0 aromatic heterocycles. The van der Waals surface area contributed by atoms with Crippen molar-refractivity contribution in [3.63, 3.8) is 0 Å². The van der Waals surface area contributed by atoms with Gasteiger partial charge in [-0.2, -0.15) is 0 Å². The fourth-order valence-electron chi connectivity index (χ4n) is 2.37. The molecule has 1 aromatic carbocycles. The Balaban J connectivity index is 0.00000242. The molecule has 0 bridgehead atoms. The summed E-state index contributed by atoms with van der Waals surface area (Å²) in [4.78, 5) is 23.7. The fourth-order valence-corrected chi connectivity index (χ4v) is 2.37. The van der Waals surface area contributed by atoms with Crippen LogP contribution in [-0.2, 0) is 4.79 Å². The topological polar surface area (TPSA) is 70.2 Å². The molecule has 1 atom stereocenters. The lowest BCUT2D eigenvalue weighted by Gasteiger charge is -2.22. The largest absolute Gasteiger partial charge is 0.353 e. The van der Waals surface area contributed by atoms with Gasteiger partial charge in [0.15, 0.2) is 0 Å². The molecule has 1 aliphatic heterocycles. The zero-order chi connectivity index (χ0) is 15.1. The highest BCUT2D eigenvalue weighted by molar-refractivity contribution is 5.94. The van der Waals surface area contributed by atoms with Gasteiger partial charge < -0.3 is 16.0 Å². The number of hydrogen-bond acceptors (Lipinski definition) is 3. The molecule has 5 nitrogen and oxygen atoms in total. The van der Waals surface area contributed by atoms with E-state index in [9.17, 15) is 9.59 Å². The Kier molecular flexibility index (Phi) is 7.91. The number of rotatable bonds is 5. The second-order valence-corrected chi connectivity index (χ2v) is 5.42. The molecule has 3 N–H and O–H groups in total. The molecule has 0 saturated carbocycles. The fraction of sp³-hybridized carbons (Fsp3) is 0.500. The average molecular weight is 326 g/mol. The summed E-state index contributed by atoms with van der Waals surface area (Å²) in [6.45, 7) is 3.78. The lowest BCUT2D eigenvalue weighted by Crippen LogP contribution is -2.48. The van der Waals surface area contributed by atoms with E-state index in [1.54, 1.807) is 12.1 Å². The maximum absolute atomic E-state index is 11.9. The van der Waals surface area contributed by atoms with Gasteiger partial charge in [0.05, 0.1) is 6.04 Å². The summed E-state index contributed by atoms with van der Waals surface area (Å²) >= 11 is 0. The molecule has 1 saturated heterocycles. The molecule has 0 spiro atoms. The van der Waals surface area contributed by atoms with Crippen LogP contribution in [0, 0.1) is 6.92 Å². The zero-order valence-electron chi connectivity index (χ0n) is 12.9. The molecule has 1 fully saturated rings. The first kappa shape index (κ1) is 18.5. The van der Waals surface area contributed by atoms with Crippen LogP contribution in [0.4, 0.5) is 0 Å². The van der Waals surface area contributed by atoms with Crippen LogP contribution in [0.5, 0.6) is 0 Å². The number of piperidine rings is 1. The van der Waals surface area contributed by atoms with Gasteiger partial charge >= 0.3 is 0 Å². The lowest BCUT2D eigenvalue weighted by atomic mass is 10.0. The molecule has 6 heteroatoms. The molecule has 2 rings (SSSR count). The van der Waals surface area contributed by atoms with E-state index in [0.29, 0.717) is 18.7 Å². The van der Waals surface area contributed by atoms with Gasteiger partial charge in [-0.3, -0.25) is 9.59 Å². The van der Waals surface area contributed by atoms with E-state index >= 15 is 0 Å². The number of halogens is 1.